The van der Waals surface area contributed by atoms with Gasteiger partial charge in [-0.2, -0.15) is 0 Å². The molecule has 0 aromatic rings. The summed E-state index contributed by atoms with van der Waals surface area (Å²) in [5.41, 5.74) is 0. The molecule has 0 aliphatic rings. The fourth-order valence-electron chi connectivity index (χ4n) is 2.56. The quantitative estimate of drug-likeness (QED) is 0.243. The van der Waals surface area contributed by atoms with Gasteiger partial charge in [0.05, 0.1) is 32.0 Å². The third-order valence-electron chi connectivity index (χ3n) is 3.98. The van der Waals surface area contributed by atoms with Crippen LogP contribution in [0.3, 0.4) is 0 Å². The number of hydrogen-bond donors (Lipinski definition) is 0. The van der Waals surface area contributed by atoms with E-state index in [0.717, 1.165) is 5.33 Å². The van der Waals surface area contributed by atoms with Gasteiger partial charge in [0.25, 0.3) is 0 Å². The number of hydrogen-bond acceptors (Lipinski definition) is 0. The van der Waals surface area contributed by atoms with Crippen LogP contribution in [-0.2, 0) is 0 Å². The van der Waals surface area contributed by atoms with E-state index in [1.165, 1.54) is 81.9 Å². The smallest absolute Gasteiger partial charge is 0.0883 e. The van der Waals surface area contributed by atoms with Gasteiger partial charge in [-0.3, -0.25) is 0 Å². The Labute approximate surface area is 124 Å². The average Bonchev–Trinajstić information content (AvgIpc) is 2.35. The Kier molecular flexibility index (Phi) is 12.8. The number of alkyl halides is 1. The summed E-state index contributed by atoms with van der Waals surface area (Å²) in [6, 6.07) is 0. The highest BCUT2D eigenvalue weighted by Crippen LogP contribution is 2.12. The fraction of sp³-hybridized carbons (Fsp3) is 1.00. The first-order chi connectivity index (χ1) is 8.68. The maximum absolute atomic E-state index is 3.63. The van der Waals surface area contributed by atoms with Crippen LogP contribution in [0.15, 0.2) is 0 Å². The van der Waals surface area contributed by atoms with Gasteiger partial charge in [-0.15, -0.1) is 0 Å². The molecule has 0 aliphatic heterocycles. The van der Waals surface area contributed by atoms with Gasteiger partial charge in [0.2, 0.25) is 0 Å². The van der Waals surface area contributed by atoms with E-state index in [0.29, 0.717) is 0 Å². The molecule has 18 heavy (non-hydrogen) atoms. The van der Waals surface area contributed by atoms with Crippen LogP contribution in [-0.4, -0.2) is 36.5 Å². The van der Waals surface area contributed by atoms with E-state index in [-0.39, 0.29) is 0 Å². The summed E-state index contributed by atoms with van der Waals surface area (Å²) in [5, 5.41) is 1.15. The fourth-order valence-corrected chi connectivity index (χ4v) is 3.41. The summed E-state index contributed by atoms with van der Waals surface area (Å²) in [6.45, 7) is 8.62. The maximum atomic E-state index is 3.63. The van der Waals surface area contributed by atoms with E-state index in [9.17, 15) is 0 Å². The Morgan fingerprint density at radius 1 is 0.667 bits per heavy atom. The van der Waals surface area contributed by atoms with E-state index in [1.54, 1.807) is 0 Å². The molecule has 0 spiro atoms. The monoisotopic (exact) mass is 320 g/mol. The SMILES string of the molecule is CCCCCCC[N+](C)(CCBr)CCCCCC. The normalized spacial score (nSPS) is 14.7. The molecule has 0 heterocycles. The summed E-state index contributed by atoms with van der Waals surface area (Å²) in [6.07, 6.45) is 12.6. The highest BCUT2D eigenvalue weighted by atomic mass is 79.9. The first kappa shape index (κ1) is 18.4. The van der Waals surface area contributed by atoms with Crippen molar-refractivity contribution in [1.82, 2.24) is 0 Å². The molecule has 0 rings (SSSR count). The molecule has 0 amide bonds. The Bertz CT molecular complexity index is 172. The molecule has 110 valence electrons. The molecule has 0 radical (unpaired) electrons. The van der Waals surface area contributed by atoms with E-state index in [4.69, 9.17) is 0 Å². The van der Waals surface area contributed by atoms with Gasteiger partial charge in [-0.1, -0.05) is 61.9 Å². The molecule has 1 unspecified atom stereocenters. The molecule has 0 saturated heterocycles. The second-order valence-corrected chi connectivity index (χ2v) is 6.75. The average molecular weight is 321 g/mol. The van der Waals surface area contributed by atoms with E-state index in [2.05, 4.69) is 36.8 Å². The molecular formula is C16H35BrN+. The van der Waals surface area contributed by atoms with Gasteiger partial charge in [-0.25, -0.2) is 0 Å². The third kappa shape index (κ3) is 10.4. The molecule has 2 heteroatoms. The van der Waals surface area contributed by atoms with Crippen LogP contribution in [0.5, 0.6) is 0 Å². The second kappa shape index (κ2) is 12.5. The summed E-state index contributed by atoms with van der Waals surface area (Å²) < 4.78 is 1.28. The van der Waals surface area contributed by atoms with Gasteiger partial charge < -0.3 is 4.48 Å². The Morgan fingerprint density at radius 3 is 1.56 bits per heavy atom. The zero-order valence-electron chi connectivity index (χ0n) is 13.0. The predicted molar refractivity (Wildman–Crippen MR) is 87.5 cm³/mol. The molecule has 0 aromatic heterocycles. The van der Waals surface area contributed by atoms with Crippen LogP contribution in [0.4, 0.5) is 0 Å². The van der Waals surface area contributed by atoms with Crippen molar-refractivity contribution in [3.63, 3.8) is 0 Å². The topological polar surface area (TPSA) is 0 Å². The summed E-state index contributed by atoms with van der Waals surface area (Å²) in [4.78, 5) is 0. The lowest BCUT2D eigenvalue weighted by atomic mass is 10.1. The largest absolute Gasteiger partial charge is 0.325 e. The molecule has 1 atom stereocenters. The van der Waals surface area contributed by atoms with Gasteiger partial charge >= 0.3 is 0 Å². The number of rotatable bonds is 13. The molecule has 0 N–H and O–H groups in total. The Morgan fingerprint density at radius 2 is 1.11 bits per heavy atom. The Balaban J connectivity index is 3.78. The molecule has 1 nitrogen and oxygen atoms in total. The first-order valence-corrected chi connectivity index (χ1v) is 9.20. The summed E-state index contributed by atoms with van der Waals surface area (Å²) in [7, 11) is 2.45. The third-order valence-corrected chi connectivity index (χ3v) is 4.33. The van der Waals surface area contributed by atoms with Crippen molar-refractivity contribution in [2.24, 2.45) is 0 Å². The second-order valence-electron chi connectivity index (χ2n) is 5.95. The minimum Gasteiger partial charge on any atom is -0.325 e. The van der Waals surface area contributed by atoms with Crippen molar-refractivity contribution in [3.8, 4) is 0 Å². The number of unbranched alkanes of at least 4 members (excludes halogenated alkanes) is 7. The van der Waals surface area contributed by atoms with Crippen LogP contribution >= 0.6 is 15.9 Å². The number of quaternary nitrogens is 1. The molecule has 0 bridgehead atoms. The standard InChI is InChI=1S/C16H35BrN/c1-4-6-8-10-12-15-18(3,16-13-17)14-11-9-7-5-2/h4-16H2,1-3H3/q+1. The van der Waals surface area contributed by atoms with E-state index >= 15 is 0 Å². The minimum atomic E-state index is 1.15. The molecule has 0 aliphatic carbocycles. The van der Waals surface area contributed by atoms with Gasteiger partial charge in [0.1, 0.15) is 0 Å². The van der Waals surface area contributed by atoms with Crippen LogP contribution in [0.2, 0.25) is 0 Å². The number of nitrogens with zero attached hydrogens (tertiary/aromatic N) is 1. The summed E-state index contributed by atoms with van der Waals surface area (Å²) >= 11 is 3.63. The summed E-state index contributed by atoms with van der Waals surface area (Å²) in [5.74, 6) is 0. The molecule has 0 fully saturated rings. The van der Waals surface area contributed by atoms with Crippen molar-refractivity contribution >= 4 is 15.9 Å². The lowest BCUT2D eigenvalue weighted by Crippen LogP contribution is -2.46. The highest BCUT2D eigenvalue weighted by molar-refractivity contribution is 9.09. The Hall–Kier alpha value is 0.440. The van der Waals surface area contributed by atoms with E-state index < -0.39 is 0 Å². The van der Waals surface area contributed by atoms with E-state index in [1.807, 2.05) is 0 Å². The van der Waals surface area contributed by atoms with Crippen molar-refractivity contribution in [2.45, 2.75) is 71.6 Å². The first-order valence-electron chi connectivity index (χ1n) is 8.08. The lowest BCUT2D eigenvalue weighted by molar-refractivity contribution is -0.907. The van der Waals surface area contributed by atoms with Crippen LogP contribution in [0.25, 0.3) is 0 Å². The lowest BCUT2D eigenvalue weighted by Gasteiger charge is -2.34. The van der Waals surface area contributed by atoms with Gasteiger partial charge in [0, 0.05) is 0 Å². The van der Waals surface area contributed by atoms with Crippen molar-refractivity contribution in [3.05, 3.63) is 0 Å². The maximum Gasteiger partial charge on any atom is 0.0883 e. The zero-order valence-corrected chi connectivity index (χ0v) is 14.6. The zero-order chi connectivity index (χ0) is 13.7. The van der Waals surface area contributed by atoms with Crippen LogP contribution in [0, 0.1) is 0 Å². The van der Waals surface area contributed by atoms with Gasteiger partial charge in [0.15, 0.2) is 0 Å². The number of halogens is 1. The predicted octanol–water partition coefficient (Wildman–Crippen LogP) is 5.38. The van der Waals surface area contributed by atoms with Crippen LogP contribution in [0.1, 0.15) is 71.6 Å². The van der Waals surface area contributed by atoms with Crippen molar-refractivity contribution in [1.29, 1.82) is 0 Å². The minimum absolute atomic E-state index is 1.15. The highest BCUT2D eigenvalue weighted by Gasteiger charge is 2.19. The van der Waals surface area contributed by atoms with Gasteiger partial charge in [-0.05, 0) is 25.7 Å². The molecular weight excluding hydrogens is 286 g/mol. The molecule has 0 saturated carbocycles. The van der Waals surface area contributed by atoms with Crippen LogP contribution < -0.4 is 0 Å². The van der Waals surface area contributed by atoms with Crippen molar-refractivity contribution < 1.29 is 4.48 Å². The molecule has 0 aromatic carbocycles. The van der Waals surface area contributed by atoms with Crippen molar-refractivity contribution in [2.75, 3.05) is 32.0 Å².